The summed E-state index contributed by atoms with van der Waals surface area (Å²) in [5, 5.41) is 1.51. The third kappa shape index (κ3) is 1.72. The van der Waals surface area contributed by atoms with Gasteiger partial charge in [-0.2, -0.15) is 0 Å². The summed E-state index contributed by atoms with van der Waals surface area (Å²) < 4.78 is 2.01. The molecule has 0 bridgehead atoms. The largest absolute Gasteiger partial charge is 0.288 e. The van der Waals surface area contributed by atoms with Crippen molar-refractivity contribution in [3.05, 3.63) is 70.9 Å². The summed E-state index contributed by atoms with van der Waals surface area (Å²) in [5.74, 6) is 0. The molecule has 1 aromatic heterocycles. The molecule has 0 aliphatic heterocycles. The van der Waals surface area contributed by atoms with Crippen molar-refractivity contribution < 1.29 is 0 Å². The van der Waals surface area contributed by atoms with Gasteiger partial charge in [-0.15, -0.1) is 11.3 Å². The van der Waals surface area contributed by atoms with E-state index in [0.717, 1.165) is 31.3 Å². The quantitative estimate of drug-likeness (QED) is 0.613. The molecule has 0 atom stereocenters. The molecule has 0 spiro atoms. The Morgan fingerprint density at radius 1 is 0.947 bits per heavy atom. The minimum atomic E-state index is 0.0722. The van der Waals surface area contributed by atoms with Crippen molar-refractivity contribution in [2.45, 2.75) is 0 Å². The standard InChI is InChI=1S/C17H12OS/c1-3-11-9-10-15-16(12(11)4-2)17(18)13-7-5-6-8-14(13)19-15/h3-10H,1-2H2. The number of benzene rings is 2. The lowest BCUT2D eigenvalue weighted by molar-refractivity contribution is 1.68. The maximum atomic E-state index is 12.7. The summed E-state index contributed by atoms with van der Waals surface area (Å²) in [5.41, 5.74) is 1.89. The van der Waals surface area contributed by atoms with Gasteiger partial charge in [-0.25, -0.2) is 0 Å². The second-order valence-electron chi connectivity index (χ2n) is 4.28. The molecule has 0 saturated carbocycles. The van der Waals surface area contributed by atoms with Crippen LogP contribution in [0.25, 0.3) is 32.3 Å². The van der Waals surface area contributed by atoms with E-state index in [0.29, 0.717) is 0 Å². The number of hydrogen-bond acceptors (Lipinski definition) is 2. The third-order valence-corrected chi connectivity index (χ3v) is 4.38. The maximum Gasteiger partial charge on any atom is 0.196 e. The topological polar surface area (TPSA) is 17.1 Å². The molecule has 1 nitrogen and oxygen atoms in total. The first-order valence-corrected chi connectivity index (χ1v) is 6.81. The number of rotatable bonds is 2. The second kappa shape index (κ2) is 4.48. The molecule has 0 N–H and O–H groups in total. The van der Waals surface area contributed by atoms with Gasteiger partial charge in [0.25, 0.3) is 0 Å². The van der Waals surface area contributed by atoms with Gasteiger partial charge in [0.1, 0.15) is 0 Å². The molecule has 3 aromatic rings. The molecule has 2 aromatic carbocycles. The van der Waals surface area contributed by atoms with Gasteiger partial charge in [0.15, 0.2) is 5.43 Å². The molecule has 2 heteroatoms. The van der Waals surface area contributed by atoms with Crippen molar-refractivity contribution >= 4 is 43.7 Å². The van der Waals surface area contributed by atoms with E-state index in [1.165, 1.54) is 0 Å². The average molecular weight is 264 g/mol. The van der Waals surface area contributed by atoms with Crippen molar-refractivity contribution in [2.75, 3.05) is 0 Å². The van der Waals surface area contributed by atoms with Gasteiger partial charge in [0, 0.05) is 20.2 Å². The van der Waals surface area contributed by atoms with E-state index in [1.54, 1.807) is 23.5 Å². The predicted octanol–water partition coefficient (Wildman–Crippen LogP) is 4.70. The normalized spacial score (nSPS) is 10.7. The van der Waals surface area contributed by atoms with E-state index in [4.69, 9.17) is 0 Å². The fraction of sp³-hybridized carbons (Fsp3) is 0. The van der Waals surface area contributed by atoms with Gasteiger partial charge in [-0.1, -0.05) is 43.5 Å². The van der Waals surface area contributed by atoms with Crippen molar-refractivity contribution in [3.63, 3.8) is 0 Å². The van der Waals surface area contributed by atoms with Crippen LogP contribution in [0.3, 0.4) is 0 Å². The first kappa shape index (κ1) is 11.9. The lowest BCUT2D eigenvalue weighted by Crippen LogP contribution is -2.03. The molecule has 0 saturated heterocycles. The van der Waals surface area contributed by atoms with E-state index in [1.807, 2.05) is 36.4 Å². The van der Waals surface area contributed by atoms with Gasteiger partial charge in [-0.3, -0.25) is 4.79 Å². The van der Waals surface area contributed by atoms with Gasteiger partial charge in [0.05, 0.1) is 0 Å². The van der Waals surface area contributed by atoms with Gasteiger partial charge in [-0.05, 0) is 29.3 Å². The second-order valence-corrected chi connectivity index (χ2v) is 5.36. The highest BCUT2D eigenvalue weighted by Gasteiger charge is 2.10. The minimum Gasteiger partial charge on any atom is -0.288 e. The molecular formula is C17H12OS. The summed E-state index contributed by atoms with van der Waals surface area (Å²) in [6, 6.07) is 11.7. The summed E-state index contributed by atoms with van der Waals surface area (Å²) in [6.45, 7) is 7.62. The monoisotopic (exact) mass is 264 g/mol. The van der Waals surface area contributed by atoms with E-state index >= 15 is 0 Å². The Morgan fingerprint density at radius 2 is 1.74 bits per heavy atom. The van der Waals surface area contributed by atoms with Crippen LogP contribution >= 0.6 is 11.3 Å². The van der Waals surface area contributed by atoms with Crippen LogP contribution in [0.1, 0.15) is 11.1 Å². The van der Waals surface area contributed by atoms with Gasteiger partial charge < -0.3 is 0 Å². The Bertz CT molecular complexity index is 871. The average Bonchev–Trinajstić information content (AvgIpc) is 2.46. The SMILES string of the molecule is C=Cc1ccc2sc3ccccc3c(=O)c2c1C=C. The molecule has 1 heterocycles. The van der Waals surface area contributed by atoms with Crippen molar-refractivity contribution in [1.82, 2.24) is 0 Å². The Labute approximate surface area is 115 Å². The summed E-state index contributed by atoms with van der Waals surface area (Å²) in [4.78, 5) is 12.7. The Morgan fingerprint density at radius 3 is 2.47 bits per heavy atom. The molecular weight excluding hydrogens is 252 g/mol. The predicted molar refractivity (Wildman–Crippen MR) is 85.8 cm³/mol. The third-order valence-electron chi connectivity index (χ3n) is 3.24. The summed E-state index contributed by atoms with van der Waals surface area (Å²) >= 11 is 1.63. The van der Waals surface area contributed by atoms with Gasteiger partial charge >= 0.3 is 0 Å². The maximum absolute atomic E-state index is 12.7. The van der Waals surface area contributed by atoms with E-state index in [-0.39, 0.29) is 5.43 Å². The Hall–Kier alpha value is -2.19. The fourth-order valence-electron chi connectivity index (χ4n) is 2.33. The summed E-state index contributed by atoms with van der Waals surface area (Å²) in [7, 11) is 0. The fourth-order valence-corrected chi connectivity index (χ4v) is 3.42. The lowest BCUT2D eigenvalue weighted by atomic mass is 10.0. The molecule has 0 unspecified atom stereocenters. The first-order chi connectivity index (χ1) is 9.26. The molecule has 0 aliphatic rings. The molecule has 0 fully saturated rings. The highest BCUT2D eigenvalue weighted by molar-refractivity contribution is 7.24. The molecule has 0 amide bonds. The smallest absolute Gasteiger partial charge is 0.196 e. The first-order valence-electron chi connectivity index (χ1n) is 5.99. The number of hydrogen-bond donors (Lipinski definition) is 0. The molecule has 0 aliphatic carbocycles. The van der Waals surface area contributed by atoms with E-state index in [9.17, 15) is 4.79 Å². The highest BCUT2D eigenvalue weighted by atomic mass is 32.1. The molecule has 0 radical (unpaired) electrons. The van der Waals surface area contributed by atoms with E-state index in [2.05, 4.69) is 13.2 Å². The Balaban J connectivity index is 2.63. The van der Waals surface area contributed by atoms with Crippen LogP contribution in [0.15, 0.2) is 54.4 Å². The molecule has 92 valence electrons. The van der Waals surface area contributed by atoms with Gasteiger partial charge in [0.2, 0.25) is 0 Å². The zero-order valence-corrected chi connectivity index (χ0v) is 11.2. The minimum absolute atomic E-state index is 0.0722. The van der Waals surface area contributed by atoms with Crippen molar-refractivity contribution in [2.24, 2.45) is 0 Å². The summed E-state index contributed by atoms with van der Waals surface area (Å²) in [6.07, 6.45) is 3.50. The van der Waals surface area contributed by atoms with Crippen LogP contribution in [0, 0.1) is 0 Å². The number of fused-ring (bicyclic) bond motifs is 2. The van der Waals surface area contributed by atoms with Crippen LogP contribution in [0.2, 0.25) is 0 Å². The zero-order valence-electron chi connectivity index (χ0n) is 10.3. The molecule has 19 heavy (non-hydrogen) atoms. The Kier molecular flexibility index (Phi) is 2.80. The van der Waals surface area contributed by atoms with Crippen molar-refractivity contribution in [1.29, 1.82) is 0 Å². The van der Waals surface area contributed by atoms with Crippen LogP contribution in [-0.4, -0.2) is 0 Å². The highest BCUT2D eigenvalue weighted by Crippen LogP contribution is 2.29. The molecule has 3 rings (SSSR count). The lowest BCUT2D eigenvalue weighted by Gasteiger charge is -2.07. The van der Waals surface area contributed by atoms with Crippen LogP contribution < -0.4 is 5.43 Å². The van der Waals surface area contributed by atoms with Crippen LogP contribution in [0.4, 0.5) is 0 Å². The van der Waals surface area contributed by atoms with Crippen LogP contribution in [0.5, 0.6) is 0 Å². The van der Waals surface area contributed by atoms with E-state index < -0.39 is 0 Å². The zero-order chi connectivity index (χ0) is 13.4. The van der Waals surface area contributed by atoms with Crippen molar-refractivity contribution in [3.8, 4) is 0 Å². The van der Waals surface area contributed by atoms with Crippen LogP contribution in [-0.2, 0) is 0 Å².